The molecule has 0 aliphatic carbocycles. The fraction of sp³-hybridized carbons (Fsp3) is 0.692. The van der Waals surface area contributed by atoms with E-state index in [9.17, 15) is 4.79 Å². The predicted octanol–water partition coefficient (Wildman–Crippen LogP) is 1.39. The Morgan fingerprint density at radius 2 is 1.84 bits per heavy atom. The Morgan fingerprint density at radius 1 is 1.16 bits per heavy atom. The van der Waals surface area contributed by atoms with Gasteiger partial charge in [0.2, 0.25) is 5.95 Å². The molecule has 1 rings (SSSR count). The molecule has 0 saturated carbocycles. The third-order valence-corrected chi connectivity index (χ3v) is 2.80. The number of carbonyl (C=O) groups is 1. The normalized spacial score (nSPS) is 10.3. The minimum absolute atomic E-state index is 0.205. The topological polar surface area (TPSA) is 68.2 Å². The first kappa shape index (κ1) is 15.3. The highest BCUT2D eigenvalue weighted by atomic mass is 16.5. The summed E-state index contributed by atoms with van der Waals surface area (Å²) in [6.07, 6.45) is 1.98. The summed E-state index contributed by atoms with van der Waals surface area (Å²) in [5.41, 5.74) is 1.90. The lowest BCUT2D eigenvalue weighted by Crippen LogP contribution is -2.25. The third kappa shape index (κ3) is 4.46. The quantitative estimate of drug-likeness (QED) is 0.695. The first-order valence-electron chi connectivity index (χ1n) is 6.71. The summed E-state index contributed by atoms with van der Waals surface area (Å²) in [7, 11) is 1.85. The Hall–Kier alpha value is -1.72. The first-order valence-corrected chi connectivity index (χ1v) is 6.71. The minimum atomic E-state index is -0.205. The van der Waals surface area contributed by atoms with Gasteiger partial charge < -0.3 is 9.64 Å². The van der Waals surface area contributed by atoms with Gasteiger partial charge in [-0.15, -0.1) is 5.10 Å². The van der Waals surface area contributed by atoms with Gasteiger partial charge in [-0.3, -0.25) is 4.79 Å². The Bertz CT molecular complexity index is 423. The molecule has 0 saturated heterocycles. The van der Waals surface area contributed by atoms with Gasteiger partial charge in [0.25, 0.3) is 0 Å². The lowest BCUT2D eigenvalue weighted by Gasteiger charge is -2.17. The molecule has 0 atom stereocenters. The van der Waals surface area contributed by atoms with E-state index in [0.717, 1.165) is 24.2 Å². The number of ether oxygens (including phenoxy) is 1. The monoisotopic (exact) mass is 266 g/mol. The Balaban J connectivity index is 2.66. The molecular formula is C13H22N4O2. The van der Waals surface area contributed by atoms with Gasteiger partial charge in [0, 0.05) is 13.6 Å². The number of rotatable bonds is 7. The molecule has 0 amide bonds. The van der Waals surface area contributed by atoms with Gasteiger partial charge in [0.1, 0.15) is 0 Å². The molecule has 0 radical (unpaired) electrons. The van der Waals surface area contributed by atoms with E-state index in [1.807, 2.05) is 25.8 Å². The van der Waals surface area contributed by atoms with Crippen molar-refractivity contribution < 1.29 is 9.53 Å². The maximum absolute atomic E-state index is 11.3. The van der Waals surface area contributed by atoms with Crippen molar-refractivity contribution in [3.63, 3.8) is 0 Å². The van der Waals surface area contributed by atoms with Gasteiger partial charge in [0.05, 0.1) is 24.4 Å². The van der Waals surface area contributed by atoms with Crippen molar-refractivity contribution in [2.24, 2.45) is 0 Å². The number of aromatic nitrogens is 3. The second-order valence-corrected chi connectivity index (χ2v) is 4.19. The highest BCUT2D eigenvalue weighted by Crippen LogP contribution is 2.10. The average Bonchev–Trinajstić information content (AvgIpc) is 2.44. The van der Waals surface area contributed by atoms with Crippen LogP contribution in [0.4, 0.5) is 5.95 Å². The number of esters is 1. The Kier molecular flexibility index (Phi) is 6.18. The van der Waals surface area contributed by atoms with Crippen LogP contribution in [0.1, 0.15) is 38.6 Å². The van der Waals surface area contributed by atoms with Crippen LogP contribution in [0.5, 0.6) is 0 Å². The number of hydrogen-bond acceptors (Lipinski definition) is 6. The van der Waals surface area contributed by atoms with E-state index in [1.54, 1.807) is 6.92 Å². The summed E-state index contributed by atoms with van der Waals surface area (Å²) in [5.74, 6) is 0.349. The number of aryl methyl sites for hydroxylation is 2. The molecule has 106 valence electrons. The average molecular weight is 266 g/mol. The highest BCUT2D eigenvalue weighted by Gasteiger charge is 2.11. The van der Waals surface area contributed by atoms with Crippen molar-refractivity contribution in [2.75, 3.05) is 25.1 Å². The van der Waals surface area contributed by atoms with Crippen LogP contribution in [0.2, 0.25) is 0 Å². The van der Waals surface area contributed by atoms with Gasteiger partial charge >= 0.3 is 5.97 Å². The second kappa shape index (κ2) is 7.66. The van der Waals surface area contributed by atoms with Gasteiger partial charge in [-0.2, -0.15) is 5.10 Å². The number of hydrogen-bond donors (Lipinski definition) is 0. The molecule has 0 aliphatic heterocycles. The van der Waals surface area contributed by atoms with Gasteiger partial charge in [-0.25, -0.2) is 4.98 Å². The molecule has 0 aromatic carbocycles. The van der Waals surface area contributed by atoms with Crippen LogP contribution in [0.25, 0.3) is 0 Å². The molecule has 0 unspecified atom stereocenters. The fourth-order valence-electron chi connectivity index (χ4n) is 1.68. The van der Waals surface area contributed by atoms with E-state index < -0.39 is 0 Å². The van der Waals surface area contributed by atoms with Crippen molar-refractivity contribution in [3.05, 3.63) is 11.4 Å². The van der Waals surface area contributed by atoms with E-state index in [0.29, 0.717) is 25.5 Å². The zero-order valence-corrected chi connectivity index (χ0v) is 12.1. The molecule has 1 aromatic rings. The zero-order chi connectivity index (χ0) is 14.3. The van der Waals surface area contributed by atoms with Gasteiger partial charge in [-0.05, 0) is 19.8 Å². The van der Waals surface area contributed by atoms with Gasteiger partial charge in [-0.1, -0.05) is 13.8 Å². The number of nitrogens with zero attached hydrogens (tertiary/aromatic N) is 4. The van der Waals surface area contributed by atoms with E-state index in [2.05, 4.69) is 15.2 Å². The van der Waals surface area contributed by atoms with E-state index in [-0.39, 0.29) is 5.97 Å². The molecule has 0 bridgehead atoms. The molecule has 0 fully saturated rings. The summed E-state index contributed by atoms with van der Waals surface area (Å²) in [5, 5.41) is 8.28. The van der Waals surface area contributed by atoms with Crippen LogP contribution in [0, 0.1) is 0 Å². The lowest BCUT2D eigenvalue weighted by molar-refractivity contribution is -0.142. The molecule has 1 heterocycles. The van der Waals surface area contributed by atoms with Crippen molar-refractivity contribution in [2.45, 2.75) is 40.0 Å². The Morgan fingerprint density at radius 3 is 2.42 bits per heavy atom. The second-order valence-electron chi connectivity index (χ2n) is 4.19. The van der Waals surface area contributed by atoms with Gasteiger partial charge in [0.15, 0.2) is 0 Å². The van der Waals surface area contributed by atoms with E-state index in [4.69, 9.17) is 4.74 Å². The van der Waals surface area contributed by atoms with Crippen molar-refractivity contribution >= 4 is 11.9 Å². The number of carbonyl (C=O) groups excluding carboxylic acids is 1. The molecule has 0 N–H and O–H groups in total. The maximum Gasteiger partial charge on any atom is 0.307 e. The highest BCUT2D eigenvalue weighted by molar-refractivity contribution is 5.69. The van der Waals surface area contributed by atoms with Crippen LogP contribution in [-0.2, 0) is 22.4 Å². The van der Waals surface area contributed by atoms with E-state index >= 15 is 0 Å². The van der Waals surface area contributed by atoms with Crippen molar-refractivity contribution in [3.8, 4) is 0 Å². The summed E-state index contributed by atoms with van der Waals surface area (Å²) >= 11 is 0. The van der Waals surface area contributed by atoms with Crippen molar-refractivity contribution in [1.82, 2.24) is 15.2 Å². The maximum atomic E-state index is 11.3. The minimum Gasteiger partial charge on any atom is -0.466 e. The van der Waals surface area contributed by atoms with Crippen LogP contribution < -0.4 is 4.90 Å². The lowest BCUT2D eigenvalue weighted by atomic mass is 10.2. The summed E-state index contributed by atoms with van der Waals surface area (Å²) in [6, 6.07) is 0. The van der Waals surface area contributed by atoms with Crippen molar-refractivity contribution in [1.29, 1.82) is 0 Å². The molecule has 0 spiro atoms. The molecular weight excluding hydrogens is 244 g/mol. The molecule has 19 heavy (non-hydrogen) atoms. The van der Waals surface area contributed by atoms with Crippen LogP contribution in [0.15, 0.2) is 0 Å². The zero-order valence-electron chi connectivity index (χ0n) is 12.1. The standard InChI is InChI=1S/C13H22N4O2/c1-5-10-11(6-2)15-16-13(14-10)17(4)9-8-12(18)19-7-3/h5-9H2,1-4H3. The van der Waals surface area contributed by atoms with Crippen LogP contribution in [-0.4, -0.2) is 41.3 Å². The first-order chi connectivity index (χ1) is 9.12. The SMILES string of the molecule is CCOC(=O)CCN(C)c1nnc(CC)c(CC)n1. The van der Waals surface area contributed by atoms with Crippen LogP contribution >= 0.6 is 0 Å². The number of anilines is 1. The summed E-state index contributed by atoms with van der Waals surface area (Å²) in [6.45, 7) is 6.81. The molecule has 6 nitrogen and oxygen atoms in total. The third-order valence-electron chi connectivity index (χ3n) is 2.80. The predicted molar refractivity (Wildman–Crippen MR) is 73.1 cm³/mol. The van der Waals surface area contributed by atoms with Crippen LogP contribution in [0.3, 0.4) is 0 Å². The largest absolute Gasteiger partial charge is 0.466 e. The molecule has 6 heteroatoms. The molecule has 1 aromatic heterocycles. The summed E-state index contributed by atoms with van der Waals surface area (Å²) in [4.78, 5) is 17.6. The fourth-order valence-corrected chi connectivity index (χ4v) is 1.68. The van der Waals surface area contributed by atoms with E-state index in [1.165, 1.54) is 0 Å². The molecule has 0 aliphatic rings. The summed E-state index contributed by atoms with van der Waals surface area (Å²) < 4.78 is 4.89. The smallest absolute Gasteiger partial charge is 0.307 e. The Labute approximate surface area is 114 Å².